The molecule has 1 N–H and O–H groups in total. The summed E-state index contributed by atoms with van der Waals surface area (Å²) in [5, 5.41) is 4.93. The molecule has 4 rings (SSSR count). The first-order valence-electron chi connectivity index (χ1n) is 11.2. The third-order valence-corrected chi connectivity index (χ3v) is 7.72. The summed E-state index contributed by atoms with van der Waals surface area (Å²) >= 11 is 11.9. The van der Waals surface area contributed by atoms with Crippen LogP contribution in [0.4, 0.5) is 0 Å². The first-order chi connectivity index (χ1) is 17.7. The molecule has 0 aliphatic rings. The van der Waals surface area contributed by atoms with Crippen molar-refractivity contribution in [1.82, 2.24) is 9.73 Å². The predicted molar refractivity (Wildman–Crippen MR) is 144 cm³/mol. The Kier molecular flexibility index (Phi) is 8.45. The number of furan rings is 1. The lowest BCUT2D eigenvalue weighted by atomic mass is 10.1. The van der Waals surface area contributed by atoms with E-state index in [0.717, 1.165) is 11.1 Å². The van der Waals surface area contributed by atoms with Crippen molar-refractivity contribution in [2.75, 3.05) is 0 Å². The first kappa shape index (κ1) is 26.6. The van der Waals surface area contributed by atoms with Crippen molar-refractivity contribution in [3.8, 4) is 0 Å². The number of aryl methyl sites for hydroxylation is 1. The molecule has 37 heavy (non-hydrogen) atoms. The van der Waals surface area contributed by atoms with Gasteiger partial charge in [0.05, 0.1) is 17.7 Å². The zero-order chi connectivity index (χ0) is 26.4. The molecule has 0 saturated heterocycles. The molecule has 190 valence electrons. The van der Waals surface area contributed by atoms with Gasteiger partial charge in [-0.15, -0.1) is 0 Å². The number of carbonyl (C=O) groups is 1. The minimum Gasteiger partial charge on any atom is -0.459 e. The Hall–Kier alpha value is -3.43. The molecule has 7 nitrogen and oxygen atoms in total. The minimum absolute atomic E-state index is 0.0306. The van der Waals surface area contributed by atoms with Gasteiger partial charge < -0.3 is 4.42 Å². The quantitative estimate of drug-likeness (QED) is 0.201. The third kappa shape index (κ3) is 7.08. The van der Waals surface area contributed by atoms with E-state index in [2.05, 4.69) is 10.5 Å². The number of rotatable bonds is 9. The number of hydrazone groups is 1. The highest BCUT2D eigenvalue weighted by Gasteiger charge is 2.26. The number of amides is 1. The van der Waals surface area contributed by atoms with E-state index in [1.165, 1.54) is 34.8 Å². The molecule has 0 saturated carbocycles. The molecule has 10 heteroatoms. The number of benzene rings is 3. The monoisotopic (exact) mass is 555 g/mol. The smallest absolute Gasteiger partial charge is 0.271 e. The second kappa shape index (κ2) is 11.7. The maximum atomic E-state index is 13.5. The van der Waals surface area contributed by atoms with Crippen LogP contribution in [0.1, 0.15) is 33.0 Å². The third-order valence-electron chi connectivity index (χ3n) is 5.41. The average molecular weight is 556 g/mol. The minimum atomic E-state index is -3.89. The van der Waals surface area contributed by atoms with E-state index in [9.17, 15) is 13.2 Å². The Bertz CT molecular complexity index is 1500. The van der Waals surface area contributed by atoms with Crippen LogP contribution in [0.2, 0.25) is 10.0 Å². The Morgan fingerprint density at radius 1 is 0.892 bits per heavy atom. The van der Waals surface area contributed by atoms with Crippen molar-refractivity contribution in [3.63, 3.8) is 0 Å². The normalized spacial score (nSPS) is 11.8. The molecule has 0 atom stereocenters. The van der Waals surface area contributed by atoms with Crippen molar-refractivity contribution >= 4 is 45.3 Å². The maximum absolute atomic E-state index is 13.5. The summed E-state index contributed by atoms with van der Waals surface area (Å²) in [6, 6.07) is 23.3. The first-order valence-corrected chi connectivity index (χ1v) is 13.4. The Balaban J connectivity index is 1.50. The van der Waals surface area contributed by atoms with Crippen LogP contribution in [-0.4, -0.2) is 24.8 Å². The molecule has 3 aromatic carbocycles. The van der Waals surface area contributed by atoms with Gasteiger partial charge in [-0.1, -0.05) is 53.0 Å². The van der Waals surface area contributed by atoms with Crippen LogP contribution in [0, 0.1) is 6.92 Å². The number of hydrogen-bond donors (Lipinski definition) is 1. The van der Waals surface area contributed by atoms with Crippen LogP contribution in [0.15, 0.2) is 99.3 Å². The lowest BCUT2D eigenvalue weighted by Gasteiger charge is -2.21. The van der Waals surface area contributed by atoms with Gasteiger partial charge in [0.25, 0.3) is 5.91 Å². The second-order valence-corrected chi connectivity index (χ2v) is 11.0. The van der Waals surface area contributed by atoms with Crippen LogP contribution in [0.25, 0.3) is 0 Å². The van der Waals surface area contributed by atoms with Crippen LogP contribution in [0.3, 0.4) is 0 Å². The summed E-state index contributed by atoms with van der Waals surface area (Å²) in [6.07, 6.45) is 1.35. The lowest BCUT2D eigenvalue weighted by molar-refractivity contribution is 0.0955. The highest BCUT2D eigenvalue weighted by molar-refractivity contribution is 7.89. The zero-order valence-electron chi connectivity index (χ0n) is 19.8. The molecule has 1 amide bonds. The van der Waals surface area contributed by atoms with Gasteiger partial charge in [-0.3, -0.25) is 4.79 Å². The van der Waals surface area contributed by atoms with Gasteiger partial charge in [-0.05, 0) is 73.2 Å². The second-order valence-electron chi connectivity index (χ2n) is 8.22. The molecule has 0 unspecified atom stereocenters. The van der Waals surface area contributed by atoms with Gasteiger partial charge in [0.15, 0.2) is 0 Å². The maximum Gasteiger partial charge on any atom is 0.271 e. The van der Waals surface area contributed by atoms with E-state index in [0.29, 0.717) is 27.1 Å². The number of sulfonamides is 1. The van der Waals surface area contributed by atoms with Crippen molar-refractivity contribution in [1.29, 1.82) is 0 Å². The van der Waals surface area contributed by atoms with Crippen molar-refractivity contribution in [3.05, 3.63) is 123 Å². The van der Waals surface area contributed by atoms with Crippen molar-refractivity contribution in [2.24, 2.45) is 5.10 Å². The fourth-order valence-electron chi connectivity index (χ4n) is 3.42. The zero-order valence-corrected chi connectivity index (χ0v) is 22.1. The number of nitrogens with one attached hydrogen (secondary N) is 1. The highest BCUT2D eigenvalue weighted by Crippen LogP contribution is 2.24. The van der Waals surface area contributed by atoms with E-state index in [1.807, 2.05) is 19.1 Å². The van der Waals surface area contributed by atoms with Crippen molar-refractivity contribution < 1.29 is 17.6 Å². The molecule has 0 radical (unpaired) electrons. The lowest BCUT2D eigenvalue weighted by Crippen LogP contribution is -2.30. The molecular formula is C27H23Cl2N3O4S. The largest absolute Gasteiger partial charge is 0.459 e. The standard InChI is InChI=1S/C27H23Cl2N3O4S/c1-19-2-6-21(7-3-19)27(33)31-30-16-24-12-13-25(36-24)18-32(17-20-4-8-22(28)9-5-20)37(34,35)26-14-10-23(29)11-15-26/h2-16H,17-18H2,1H3,(H,31,33)/b30-16-. The summed E-state index contributed by atoms with van der Waals surface area (Å²) in [7, 11) is -3.89. The van der Waals surface area contributed by atoms with Crippen LogP contribution < -0.4 is 5.43 Å². The Morgan fingerprint density at radius 2 is 1.51 bits per heavy atom. The molecule has 0 spiro atoms. The molecule has 1 heterocycles. The topological polar surface area (TPSA) is 92.0 Å². The van der Waals surface area contributed by atoms with E-state index < -0.39 is 10.0 Å². The number of hydrogen-bond acceptors (Lipinski definition) is 5. The summed E-state index contributed by atoms with van der Waals surface area (Å²) in [6.45, 7) is 2.00. The SMILES string of the molecule is Cc1ccc(C(=O)N/N=C\c2ccc(CN(Cc3ccc(Cl)cc3)S(=O)(=O)c3ccc(Cl)cc3)o2)cc1. The number of nitrogens with zero attached hydrogens (tertiary/aromatic N) is 2. The van der Waals surface area contributed by atoms with E-state index in [4.69, 9.17) is 27.6 Å². The Morgan fingerprint density at radius 3 is 2.16 bits per heavy atom. The van der Waals surface area contributed by atoms with E-state index in [-0.39, 0.29) is 23.9 Å². The van der Waals surface area contributed by atoms with E-state index in [1.54, 1.807) is 48.5 Å². The molecule has 0 aliphatic carbocycles. The average Bonchev–Trinajstić information content (AvgIpc) is 3.32. The fourth-order valence-corrected chi connectivity index (χ4v) is 5.07. The molecule has 0 fully saturated rings. The molecule has 0 aliphatic heterocycles. The van der Waals surface area contributed by atoms with E-state index >= 15 is 0 Å². The van der Waals surface area contributed by atoms with Gasteiger partial charge in [-0.2, -0.15) is 9.41 Å². The van der Waals surface area contributed by atoms with Crippen LogP contribution in [-0.2, 0) is 23.1 Å². The van der Waals surface area contributed by atoms with Gasteiger partial charge in [0.2, 0.25) is 10.0 Å². The molecule has 0 bridgehead atoms. The summed E-state index contributed by atoms with van der Waals surface area (Å²) in [5.74, 6) is 0.401. The van der Waals surface area contributed by atoms with Crippen LogP contribution >= 0.6 is 23.2 Å². The predicted octanol–water partition coefficient (Wildman–Crippen LogP) is 6.05. The molecule has 1 aromatic heterocycles. The Labute approximate surface area is 225 Å². The van der Waals surface area contributed by atoms with Crippen LogP contribution in [0.5, 0.6) is 0 Å². The van der Waals surface area contributed by atoms with Crippen molar-refractivity contribution in [2.45, 2.75) is 24.9 Å². The summed E-state index contributed by atoms with van der Waals surface area (Å²) in [5.41, 5.74) is 4.73. The highest BCUT2D eigenvalue weighted by atomic mass is 35.5. The van der Waals surface area contributed by atoms with Gasteiger partial charge >= 0.3 is 0 Å². The van der Waals surface area contributed by atoms with Gasteiger partial charge in [0, 0.05) is 22.2 Å². The fraction of sp³-hybridized carbons (Fsp3) is 0.111. The number of carbonyl (C=O) groups excluding carboxylic acids is 1. The number of halogens is 2. The molecular weight excluding hydrogens is 533 g/mol. The van der Waals surface area contributed by atoms with Gasteiger partial charge in [0.1, 0.15) is 11.5 Å². The molecule has 4 aromatic rings. The van der Waals surface area contributed by atoms with Gasteiger partial charge in [-0.25, -0.2) is 13.8 Å². The summed E-state index contributed by atoms with van der Waals surface area (Å²) in [4.78, 5) is 12.3. The summed E-state index contributed by atoms with van der Waals surface area (Å²) < 4.78 is 34.0.